The first-order chi connectivity index (χ1) is 12.1. The van der Waals surface area contributed by atoms with Crippen LogP contribution in [0.25, 0.3) is 16.3 Å². The van der Waals surface area contributed by atoms with Crippen LogP contribution in [0.1, 0.15) is 18.4 Å². The van der Waals surface area contributed by atoms with E-state index in [0.29, 0.717) is 11.4 Å². The van der Waals surface area contributed by atoms with Crippen LogP contribution in [0.15, 0.2) is 36.7 Å². The summed E-state index contributed by atoms with van der Waals surface area (Å²) in [4.78, 5) is 19.0. The summed E-state index contributed by atoms with van der Waals surface area (Å²) in [7, 11) is 2.08. The Labute approximate surface area is 147 Å². The number of likely N-dealkylation sites (tertiary alicyclic amines) is 1. The second kappa shape index (κ2) is 7.44. The molecule has 3 rings (SSSR count). The number of rotatable bonds is 4. The van der Waals surface area contributed by atoms with Crippen LogP contribution in [-0.2, 0) is 4.79 Å². The van der Waals surface area contributed by atoms with Gasteiger partial charge in [-0.25, -0.2) is 4.98 Å². The van der Waals surface area contributed by atoms with E-state index in [9.17, 15) is 4.79 Å². The van der Waals surface area contributed by atoms with E-state index in [1.165, 1.54) is 12.4 Å². The number of piperidine rings is 1. The molecule has 1 aliphatic rings. The van der Waals surface area contributed by atoms with Gasteiger partial charge in [-0.2, -0.15) is 0 Å². The summed E-state index contributed by atoms with van der Waals surface area (Å²) in [6, 6.07) is 7.66. The fourth-order valence-corrected chi connectivity index (χ4v) is 3.12. The normalized spacial score (nSPS) is 16.8. The summed E-state index contributed by atoms with van der Waals surface area (Å²) in [5.74, 6) is 0.643. The Kier molecular flexibility index (Phi) is 5.09. The van der Waals surface area contributed by atoms with Crippen molar-refractivity contribution in [3.8, 4) is 0 Å². The van der Waals surface area contributed by atoms with E-state index in [1.54, 1.807) is 6.20 Å². The number of aromatic nitrogens is 1. The van der Waals surface area contributed by atoms with Gasteiger partial charge >= 0.3 is 0 Å². The lowest BCUT2D eigenvalue weighted by Gasteiger charge is -2.27. The average Bonchev–Trinajstić information content (AvgIpc) is 2.63. The molecule has 6 heteroatoms. The quantitative estimate of drug-likeness (QED) is 0.747. The highest BCUT2D eigenvalue weighted by atomic mass is 16.1. The number of anilines is 1. The van der Waals surface area contributed by atoms with E-state index in [1.807, 2.05) is 24.3 Å². The van der Waals surface area contributed by atoms with Crippen molar-refractivity contribution in [2.45, 2.75) is 12.8 Å². The van der Waals surface area contributed by atoms with Crippen molar-refractivity contribution in [2.24, 2.45) is 11.7 Å². The number of benzene rings is 1. The minimum Gasteiger partial charge on any atom is -0.404 e. The first-order valence-electron chi connectivity index (χ1n) is 8.42. The number of pyridine rings is 1. The molecule has 25 heavy (non-hydrogen) atoms. The maximum absolute atomic E-state index is 12.5. The van der Waals surface area contributed by atoms with Crippen molar-refractivity contribution in [2.75, 3.05) is 25.5 Å². The van der Waals surface area contributed by atoms with Crippen molar-refractivity contribution in [3.05, 3.63) is 42.2 Å². The van der Waals surface area contributed by atoms with Crippen LogP contribution in [0.5, 0.6) is 0 Å². The van der Waals surface area contributed by atoms with Gasteiger partial charge in [0.05, 0.1) is 0 Å². The van der Waals surface area contributed by atoms with Crippen molar-refractivity contribution < 1.29 is 4.79 Å². The van der Waals surface area contributed by atoms with Crippen LogP contribution < -0.4 is 11.1 Å². The molecule has 0 aliphatic carbocycles. The molecule has 0 radical (unpaired) electrons. The van der Waals surface area contributed by atoms with Gasteiger partial charge in [0, 0.05) is 35.5 Å². The molecule has 4 N–H and O–H groups in total. The van der Waals surface area contributed by atoms with Crippen molar-refractivity contribution in [1.29, 1.82) is 5.41 Å². The van der Waals surface area contributed by atoms with Gasteiger partial charge in [-0.05, 0) is 56.1 Å². The molecule has 1 aliphatic heterocycles. The number of amides is 1. The Morgan fingerprint density at radius 2 is 2.08 bits per heavy atom. The number of fused-ring (bicyclic) bond motifs is 1. The number of allylic oxidation sites excluding steroid dienone is 1. The molecular weight excluding hydrogens is 314 g/mol. The lowest BCUT2D eigenvalue weighted by atomic mass is 9.96. The zero-order valence-corrected chi connectivity index (χ0v) is 14.3. The zero-order chi connectivity index (χ0) is 17.8. The Hall–Kier alpha value is -2.73. The number of carbonyl (C=O) groups excluding carboxylic acids is 1. The first-order valence-corrected chi connectivity index (χ1v) is 8.42. The summed E-state index contributed by atoms with van der Waals surface area (Å²) >= 11 is 0. The van der Waals surface area contributed by atoms with Gasteiger partial charge in [0.1, 0.15) is 5.82 Å². The molecule has 0 spiro atoms. The lowest BCUT2D eigenvalue weighted by Crippen LogP contribution is -2.36. The number of nitrogens with one attached hydrogen (secondary N) is 2. The molecule has 1 aromatic carbocycles. The third-order valence-corrected chi connectivity index (χ3v) is 4.73. The molecule has 1 amide bonds. The van der Waals surface area contributed by atoms with E-state index in [-0.39, 0.29) is 11.8 Å². The molecule has 2 heterocycles. The van der Waals surface area contributed by atoms with Gasteiger partial charge in [0.25, 0.3) is 0 Å². The molecule has 0 unspecified atom stereocenters. The predicted octanol–water partition coefficient (Wildman–Crippen LogP) is 2.46. The monoisotopic (exact) mass is 337 g/mol. The summed E-state index contributed by atoms with van der Waals surface area (Å²) in [6.07, 6.45) is 6.15. The smallest absolute Gasteiger partial charge is 0.228 e. The first kappa shape index (κ1) is 17.1. The minimum absolute atomic E-state index is 0.0399. The highest BCUT2D eigenvalue weighted by Crippen LogP contribution is 2.23. The molecule has 130 valence electrons. The predicted molar refractivity (Wildman–Crippen MR) is 102 cm³/mol. The molecule has 2 aromatic rings. The summed E-state index contributed by atoms with van der Waals surface area (Å²) in [5.41, 5.74) is 7.07. The lowest BCUT2D eigenvalue weighted by molar-refractivity contribution is -0.121. The fourth-order valence-electron chi connectivity index (χ4n) is 3.12. The Morgan fingerprint density at radius 1 is 1.32 bits per heavy atom. The van der Waals surface area contributed by atoms with E-state index in [2.05, 4.69) is 22.2 Å². The molecular formula is C19H23N5O. The summed E-state index contributed by atoms with van der Waals surface area (Å²) in [6.45, 7) is 1.90. The number of hydrogen-bond acceptors (Lipinski definition) is 5. The maximum Gasteiger partial charge on any atom is 0.228 e. The summed E-state index contributed by atoms with van der Waals surface area (Å²) in [5, 5.41) is 12.3. The average molecular weight is 337 g/mol. The minimum atomic E-state index is 0.0399. The number of nitrogens with two attached hydrogens (primary N) is 1. The highest BCUT2D eigenvalue weighted by molar-refractivity contribution is 6.09. The fraction of sp³-hybridized carbons (Fsp3) is 0.316. The maximum atomic E-state index is 12.5. The van der Waals surface area contributed by atoms with Crippen molar-refractivity contribution in [1.82, 2.24) is 9.88 Å². The third-order valence-electron chi connectivity index (χ3n) is 4.73. The molecule has 0 atom stereocenters. The van der Waals surface area contributed by atoms with E-state index in [4.69, 9.17) is 11.1 Å². The molecule has 1 saturated heterocycles. The Morgan fingerprint density at radius 3 is 2.76 bits per heavy atom. The molecule has 0 bridgehead atoms. The molecule has 1 fully saturated rings. The second-order valence-electron chi connectivity index (χ2n) is 6.46. The molecule has 1 aromatic heterocycles. The highest BCUT2D eigenvalue weighted by Gasteiger charge is 2.23. The number of nitrogens with zero attached hydrogens (tertiary/aromatic N) is 2. The Balaban J connectivity index is 1.80. The van der Waals surface area contributed by atoms with Gasteiger partial charge < -0.3 is 21.4 Å². The summed E-state index contributed by atoms with van der Waals surface area (Å²) < 4.78 is 0. The van der Waals surface area contributed by atoms with Crippen LogP contribution >= 0.6 is 0 Å². The van der Waals surface area contributed by atoms with Gasteiger partial charge in [0.15, 0.2) is 0 Å². The van der Waals surface area contributed by atoms with Crippen LogP contribution in [0.4, 0.5) is 5.82 Å². The third kappa shape index (κ3) is 3.85. The molecule has 6 nitrogen and oxygen atoms in total. The van der Waals surface area contributed by atoms with E-state index >= 15 is 0 Å². The second-order valence-corrected chi connectivity index (χ2v) is 6.46. The number of hydrogen-bond donors (Lipinski definition) is 3. The number of carbonyl (C=O) groups is 1. The van der Waals surface area contributed by atoms with E-state index < -0.39 is 0 Å². The van der Waals surface area contributed by atoms with Gasteiger partial charge in [-0.3, -0.25) is 4.79 Å². The van der Waals surface area contributed by atoms with Gasteiger partial charge in [-0.1, -0.05) is 12.1 Å². The standard InChI is InChI=1S/C19H23N5O/c1-24-6-4-13(5-7-24)19(25)23-18-9-16-8-14(17(10-20)11-21)2-3-15(16)12-22-18/h2-3,8-13,20H,4-7,21H2,1H3,(H,22,23,25)/b17-11+,20-10?. The van der Waals surface area contributed by atoms with Crippen LogP contribution in [0.3, 0.4) is 0 Å². The van der Waals surface area contributed by atoms with Crippen molar-refractivity contribution in [3.63, 3.8) is 0 Å². The van der Waals surface area contributed by atoms with Crippen LogP contribution in [0.2, 0.25) is 0 Å². The van der Waals surface area contributed by atoms with E-state index in [0.717, 1.165) is 42.3 Å². The van der Waals surface area contributed by atoms with Crippen LogP contribution in [0, 0.1) is 11.3 Å². The van der Waals surface area contributed by atoms with Crippen molar-refractivity contribution >= 4 is 34.3 Å². The largest absolute Gasteiger partial charge is 0.404 e. The van der Waals surface area contributed by atoms with Crippen LogP contribution in [-0.4, -0.2) is 42.1 Å². The zero-order valence-electron chi connectivity index (χ0n) is 14.3. The van der Waals surface area contributed by atoms with Gasteiger partial charge in [0.2, 0.25) is 5.91 Å². The Bertz CT molecular complexity index is 822. The van der Waals surface area contributed by atoms with Gasteiger partial charge in [-0.15, -0.1) is 0 Å². The topological polar surface area (TPSA) is 95.1 Å². The SMILES string of the molecule is CN1CCC(C(=O)Nc2cc3cc(/C(C=N)=C/N)ccc3cn2)CC1. The molecule has 0 saturated carbocycles.